The molecule has 74 heavy (non-hydrogen) atoms. The second-order valence-corrected chi connectivity index (χ2v) is 22.9. The van der Waals surface area contributed by atoms with E-state index in [2.05, 4.69) is 31.3 Å². The summed E-state index contributed by atoms with van der Waals surface area (Å²) in [4.78, 5) is 13.1. The molecule has 438 valence electrons. The van der Waals surface area contributed by atoms with Gasteiger partial charge in [-0.2, -0.15) is 0 Å². The normalized spacial score (nSPS) is 19.0. The van der Waals surface area contributed by atoms with Gasteiger partial charge in [0.25, 0.3) is 0 Å². The van der Waals surface area contributed by atoms with E-state index in [-0.39, 0.29) is 12.5 Å². The van der Waals surface area contributed by atoms with E-state index in [1.165, 1.54) is 270 Å². The second kappa shape index (κ2) is 55.0. The molecule has 0 aromatic rings. The summed E-state index contributed by atoms with van der Waals surface area (Å²) in [6.45, 7) is 3.83. The summed E-state index contributed by atoms with van der Waals surface area (Å²) in [6.07, 6.45) is 64.1. The van der Waals surface area contributed by atoms with Gasteiger partial charge in [0.15, 0.2) is 6.29 Å². The molecule has 9 heteroatoms. The predicted molar refractivity (Wildman–Crippen MR) is 314 cm³/mol. The van der Waals surface area contributed by atoms with Crippen LogP contribution >= 0.6 is 0 Å². The number of hydrogen-bond acceptors (Lipinski definition) is 8. The third kappa shape index (κ3) is 43.6. The third-order valence-electron chi connectivity index (χ3n) is 15.8. The number of carbonyl (C=O) groups excluding carboxylic acids is 1. The maximum Gasteiger partial charge on any atom is 0.220 e. The molecule has 0 aromatic heterocycles. The van der Waals surface area contributed by atoms with Crippen LogP contribution in [0.1, 0.15) is 328 Å². The van der Waals surface area contributed by atoms with Gasteiger partial charge >= 0.3 is 0 Å². The lowest BCUT2D eigenvalue weighted by Gasteiger charge is -2.40. The number of ether oxygens (including phenoxy) is 2. The Morgan fingerprint density at radius 2 is 0.757 bits per heavy atom. The molecule has 0 aromatic carbocycles. The first-order valence-corrected chi connectivity index (χ1v) is 32.6. The van der Waals surface area contributed by atoms with Gasteiger partial charge in [0.05, 0.1) is 25.4 Å². The zero-order valence-corrected chi connectivity index (χ0v) is 48.9. The van der Waals surface area contributed by atoms with Gasteiger partial charge in [-0.05, 0) is 44.9 Å². The van der Waals surface area contributed by atoms with Crippen LogP contribution in [0, 0.1) is 0 Å². The minimum Gasteiger partial charge on any atom is -0.394 e. The number of aliphatic hydroxyl groups is 5. The quantitative estimate of drug-likeness (QED) is 0.0261. The van der Waals surface area contributed by atoms with E-state index in [4.69, 9.17) is 9.47 Å². The lowest BCUT2D eigenvalue weighted by Crippen LogP contribution is -2.60. The Morgan fingerprint density at radius 3 is 1.09 bits per heavy atom. The standard InChI is InChI=1S/C65H125NO8/c1-3-5-7-9-11-13-15-17-19-21-23-25-27-29-30-31-33-35-37-39-41-43-45-47-49-51-53-55-61(69)66-58(57-73-65-64(72)63(71)62(70)60(56-67)74-65)59(68)54-52-50-48-46-44-42-40-38-36-34-32-28-26-24-22-20-18-16-14-12-10-8-6-4-2/h21,23,52,54,58-60,62-65,67-68,70-72H,3-20,22,24-51,53,55-57H2,1-2H3,(H,66,69)/b23-21-,54-52+. The van der Waals surface area contributed by atoms with Crippen LogP contribution in [0.4, 0.5) is 0 Å². The molecule has 1 rings (SSSR count). The molecule has 7 atom stereocenters. The number of unbranched alkanes of at least 4 members (excludes halogenated alkanes) is 45. The average molecular weight is 1050 g/mol. The smallest absolute Gasteiger partial charge is 0.220 e. The van der Waals surface area contributed by atoms with Gasteiger partial charge in [-0.1, -0.05) is 301 Å². The lowest BCUT2D eigenvalue weighted by molar-refractivity contribution is -0.302. The molecular weight excluding hydrogens is 923 g/mol. The Balaban J connectivity index is 2.16. The molecule has 7 unspecified atom stereocenters. The van der Waals surface area contributed by atoms with Crippen LogP contribution < -0.4 is 5.32 Å². The van der Waals surface area contributed by atoms with E-state index >= 15 is 0 Å². The Hall–Kier alpha value is -1.33. The lowest BCUT2D eigenvalue weighted by atomic mass is 9.99. The molecule has 0 aliphatic carbocycles. The van der Waals surface area contributed by atoms with Crippen LogP contribution in [0.25, 0.3) is 0 Å². The average Bonchev–Trinajstić information content (AvgIpc) is 3.40. The van der Waals surface area contributed by atoms with Gasteiger partial charge in [0, 0.05) is 6.42 Å². The van der Waals surface area contributed by atoms with Crippen molar-refractivity contribution in [3.63, 3.8) is 0 Å². The first kappa shape index (κ1) is 70.7. The summed E-state index contributed by atoms with van der Waals surface area (Å²) in [5.74, 6) is -0.170. The monoisotopic (exact) mass is 1050 g/mol. The fourth-order valence-electron chi connectivity index (χ4n) is 10.6. The number of rotatable bonds is 57. The van der Waals surface area contributed by atoms with Crippen molar-refractivity contribution in [3.05, 3.63) is 24.3 Å². The Morgan fingerprint density at radius 1 is 0.446 bits per heavy atom. The van der Waals surface area contributed by atoms with Crippen molar-refractivity contribution in [2.75, 3.05) is 13.2 Å². The molecule has 0 radical (unpaired) electrons. The molecule has 1 saturated heterocycles. The largest absolute Gasteiger partial charge is 0.394 e. The minimum absolute atomic E-state index is 0.170. The van der Waals surface area contributed by atoms with Crippen molar-refractivity contribution >= 4 is 5.91 Å². The van der Waals surface area contributed by atoms with Crippen molar-refractivity contribution in [2.24, 2.45) is 0 Å². The van der Waals surface area contributed by atoms with Crippen molar-refractivity contribution in [1.82, 2.24) is 5.32 Å². The molecule has 1 amide bonds. The summed E-state index contributed by atoms with van der Waals surface area (Å²) in [5, 5.41) is 54.7. The SMILES string of the molecule is CCCCCCCCCC/C=C\CCCCCCCCCCCCCCCCCC(=O)NC(COC1OC(CO)C(O)C(O)C1O)C(O)/C=C/CCCCCCCCCCCCCCCCCCCCCCCC. The summed E-state index contributed by atoms with van der Waals surface area (Å²) < 4.78 is 11.3. The molecule has 1 aliphatic rings. The predicted octanol–water partition coefficient (Wildman–Crippen LogP) is 16.9. The summed E-state index contributed by atoms with van der Waals surface area (Å²) in [5.41, 5.74) is 0. The van der Waals surface area contributed by atoms with Crippen LogP contribution in [0.2, 0.25) is 0 Å². The van der Waals surface area contributed by atoms with Gasteiger partial charge in [-0.3, -0.25) is 4.79 Å². The molecule has 6 N–H and O–H groups in total. The molecule has 0 spiro atoms. The summed E-state index contributed by atoms with van der Waals surface area (Å²) in [6, 6.07) is -0.803. The van der Waals surface area contributed by atoms with E-state index < -0.39 is 49.5 Å². The molecule has 9 nitrogen and oxygen atoms in total. The van der Waals surface area contributed by atoms with E-state index in [0.29, 0.717) is 6.42 Å². The van der Waals surface area contributed by atoms with E-state index in [1.807, 2.05) is 6.08 Å². The van der Waals surface area contributed by atoms with Crippen molar-refractivity contribution in [3.8, 4) is 0 Å². The Kier molecular flexibility index (Phi) is 52.5. The van der Waals surface area contributed by atoms with Crippen LogP contribution in [0.15, 0.2) is 24.3 Å². The van der Waals surface area contributed by atoms with E-state index in [0.717, 1.165) is 38.5 Å². The van der Waals surface area contributed by atoms with Crippen molar-refractivity contribution in [2.45, 2.75) is 371 Å². The topological polar surface area (TPSA) is 149 Å². The highest BCUT2D eigenvalue weighted by atomic mass is 16.7. The molecule has 1 aliphatic heterocycles. The Labute approximate surface area is 458 Å². The minimum atomic E-state index is -1.57. The van der Waals surface area contributed by atoms with Crippen LogP contribution in [-0.4, -0.2) is 87.5 Å². The van der Waals surface area contributed by atoms with E-state index in [9.17, 15) is 30.3 Å². The molecule has 1 fully saturated rings. The van der Waals surface area contributed by atoms with Crippen LogP contribution in [-0.2, 0) is 14.3 Å². The number of nitrogens with one attached hydrogen (secondary N) is 1. The highest BCUT2D eigenvalue weighted by Crippen LogP contribution is 2.23. The molecule has 1 heterocycles. The van der Waals surface area contributed by atoms with Gasteiger partial charge in [-0.25, -0.2) is 0 Å². The summed E-state index contributed by atoms with van der Waals surface area (Å²) >= 11 is 0. The number of amides is 1. The first-order valence-electron chi connectivity index (χ1n) is 32.6. The highest BCUT2D eigenvalue weighted by molar-refractivity contribution is 5.76. The van der Waals surface area contributed by atoms with Crippen molar-refractivity contribution in [1.29, 1.82) is 0 Å². The Bertz CT molecular complexity index is 1210. The zero-order chi connectivity index (χ0) is 53.6. The molecular formula is C65H125NO8. The maximum atomic E-state index is 13.1. The highest BCUT2D eigenvalue weighted by Gasteiger charge is 2.44. The van der Waals surface area contributed by atoms with Crippen LogP contribution in [0.3, 0.4) is 0 Å². The number of hydrogen-bond donors (Lipinski definition) is 6. The van der Waals surface area contributed by atoms with E-state index in [1.54, 1.807) is 6.08 Å². The van der Waals surface area contributed by atoms with Crippen molar-refractivity contribution < 1.29 is 39.8 Å². The van der Waals surface area contributed by atoms with Gasteiger partial charge < -0.3 is 40.3 Å². The molecule has 0 saturated carbocycles. The fraction of sp³-hybridized carbons (Fsp3) is 0.923. The van der Waals surface area contributed by atoms with Gasteiger partial charge in [0.1, 0.15) is 24.4 Å². The number of aliphatic hydroxyl groups excluding tert-OH is 5. The number of allylic oxidation sites excluding steroid dienone is 3. The zero-order valence-electron chi connectivity index (χ0n) is 48.9. The fourth-order valence-corrected chi connectivity index (χ4v) is 10.6. The van der Waals surface area contributed by atoms with Crippen LogP contribution in [0.5, 0.6) is 0 Å². The van der Waals surface area contributed by atoms with Gasteiger partial charge in [-0.15, -0.1) is 0 Å². The summed E-state index contributed by atoms with van der Waals surface area (Å²) in [7, 11) is 0. The maximum absolute atomic E-state index is 13.1. The second-order valence-electron chi connectivity index (χ2n) is 22.9. The first-order chi connectivity index (χ1) is 36.3. The molecule has 0 bridgehead atoms. The number of carbonyl (C=O) groups is 1. The third-order valence-corrected chi connectivity index (χ3v) is 15.8. The van der Waals surface area contributed by atoms with Gasteiger partial charge in [0.2, 0.25) is 5.91 Å².